The van der Waals surface area contributed by atoms with Crippen molar-refractivity contribution in [2.75, 3.05) is 11.4 Å². The second-order valence-corrected chi connectivity index (χ2v) is 9.87. The number of aryl methyl sites for hydroxylation is 1. The summed E-state index contributed by atoms with van der Waals surface area (Å²) in [6.07, 6.45) is 6.27. The number of fused-ring (bicyclic) bond motifs is 1. The molecule has 0 amide bonds. The van der Waals surface area contributed by atoms with Gasteiger partial charge in [0.15, 0.2) is 0 Å². The van der Waals surface area contributed by atoms with Crippen LogP contribution < -0.4 is 4.90 Å². The molecule has 0 aromatic heterocycles. The number of nitrogens with zero attached hydrogens (tertiary/aromatic N) is 1. The van der Waals surface area contributed by atoms with E-state index in [0.717, 1.165) is 24.2 Å². The Kier molecular flexibility index (Phi) is 6.12. The standard InChI is InChI=1S/C27H35NO2/c1-7-16-28(21-11-8-20(9-12-21)10-13-25(29)30)24-18-23-22(17-19(24)2)26(3,4)14-15-27(23,5)6/h8-13,17-18H,7,14-16H2,1-6H3,(H,29,30)/b13-10+. The number of hydrogen-bond acceptors (Lipinski definition) is 2. The average Bonchev–Trinajstić information content (AvgIpc) is 2.69. The van der Waals surface area contributed by atoms with Crippen LogP contribution in [-0.4, -0.2) is 17.6 Å². The van der Waals surface area contributed by atoms with Gasteiger partial charge < -0.3 is 10.0 Å². The maximum Gasteiger partial charge on any atom is 0.328 e. The van der Waals surface area contributed by atoms with Gasteiger partial charge in [0.2, 0.25) is 0 Å². The molecule has 3 rings (SSSR count). The number of carbonyl (C=O) groups is 1. The smallest absolute Gasteiger partial charge is 0.328 e. The maximum atomic E-state index is 10.8. The van der Waals surface area contributed by atoms with Crippen LogP contribution in [0, 0.1) is 6.92 Å². The second-order valence-electron chi connectivity index (χ2n) is 9.87. The fourth-order valence-electron chi connectivity index (χ4n) is 4.55. The number of anilines is 2. The van der Waals surface area contributed by atoms with Gasteiger partial charge in [-0.3, -0.25) is 0 Å². The molecule has 0 bridgehead atoms. The predicted molar refractivity (Wildman–Crippen MR) is 127 cm³/mol. The van der Waals surface area contributed by atoms with Crippen LogP contribution in [0.1, 0.15) is 76.1 Å². The Morgan fingerprint density at radius 3 is 2.13 bits per heavy atom. The van der Waals surface area contributed by atoms with Gasteiger partial charge in [-0.2, -0.15) is 0 Å². The molecule has 2 aromatic rings. The van der Waals surface area contributed by atoms with Crippen molar-refractivity contribution in [3.63, 3.8) is 0 Å². The topological polar surface area (TPSA) is 40.5 Å². The van der Waals surface area contributed by atoms with E-state index in [1.165, 1.54) is 41.3 Å². The average molecular weight is 406 g/mol. The normalized spacial score (nSPS) is 17.0. The lowest BCUT2D eigenvalue weighted by molar-refractivity contribution is -0.131. The van der Waals surface area contributed by atoms with E-state index in [9.17, 15) is 4.79 Å². The zero-order valence-electron chi connectivity index (χ0n) is 19.2. The Hall–Kier alpha value is -2.55. The van der Waals surface area contributed by atoms with Gasteiger partial charge in [0.05, 0.1) is 0 Å². The van der Waals surface area contributed by atoms with E-state index in [0.29, 0.717) is 0 Å². The highest BCUT2D eigenvalue weighted by atomic mass is 16.4. The van der Waals surface area contributed by atoms with Crippen LogP contribution in [0.4, 0.5) is 11.4 Å². The van der Waals surface area contributed by atoms with Crippen LogP contribution in [0.15, 0.2) is 42.5 Å². The van der Waals surface area contributed by atoms with Crippen molar-refractivity contribution in [2.24, 2.45) is 0 Å². The molecular formula is C27H35NO2. The fourth-order valence-corrected chi connectivity index (χ4v) is 4.55. The Balaban J connectivity index is 2.06. The lowest BCUT2D eigenvalue weighted by atomic mass is 9.63. The molecule has 0 heterocycles. The van der Waals surface area contributed by atoms with Crippen molar-refractivity contribution < 1.29 is 9.90 Å². The zero-order chi connectivity index (χ0) is 22.1. The molecule has 1 aliphatic rings. The van der Waals surface area contributed by atoms with Crippen molar-refractivity contribution in [1.29, 1.82) is 0 Å². The third-order valence-corrected chi connectivity index (χ3v) is 6.53. The van der Waals surface area contributed by atoms with Crippen molar-refractivity contribution in [3.05, 3.63) is 64.7 Å². The summed E-state index contributed by atoms with van der Waals surface area (Å²) in [5.41, 5.74) is 7.96. The van der Waals surface area contributed by atoms with Crippen molar-refractivity contribution >= 4 is 23.4 Å². The predicted octanol–water partition coefficient (Wildman–Crippen LogP) is 6.99. The molecular weight excluding hydrogens is 370 g/mol. The molecule has 2 aromatic carbocycles. The maximum absolute atomic E-state index is 10.8. The van der Waals surface area contributed by atoms with Crippen LogP contribution in [0.3, 0.4) is 0 Å². The number of rotatable bonds is 6. The molecule has 0 radical (unpaired) electrons. The molecule has 0 unspecified atom stereocenters. The van der Waals surface area contributed by atoms with Crippen molar-refractivity contribution in [1.82, 2.24) is 0 Å². The molecule has 0 saturated carbocycles. The van der Waals surface area contributed by atoms with Gasteiger partial charge in [0.1, 0.15) is 0 Å². The first-order valence-corrected chi connectivity index (χ1v) is 11.0. The van der Waals surface area contributed by atoms with Crippen molar-refractivity contribution in [3.8, 4) is 0 Å². The first-order valence-electron chi connectivity index (χ1n) is 11.0. The summed E-state index contributed by atoms with van der Waals surface area (Å²) >= 11 is 0. The van der Waals surface area contributed by atoms with E-state index in [-0.39, 0.29) is 10.8 Å². The second kappa shape index (κ2) is 8.29. The molecule has 1 N–H and O–H groups in total. The summed E-state index contributed by atoms with van der Waals surface area (Å²) in [5.74, 6) is -0.929. The highest BCUT2D eigenvalue weighted by Gasteiger charge is 2.37. The van der Waals surface area contributed by atoms with E-state index in [4.69, 9.17) is 5.11 Å². The molecule has 3 nitrogen and oxygen atoms in total. The summed E-state index contributed by atoms with van der Waals surface area (Å²) < 4.78 is 0. The van der Waals surface area contributed by atoms with Gasteiger partial charge in [-0.15, -0.1) is 0 Å². The quantitative estimate of drug-likeness (QED) is 0.527. The minimum Gasteiger partial charge on any atom is -0.478 e. The summed E-state index contributed by atoms with van der Waals surface area (Å²) in [6.45, 7) is 14.8. The number of carboxylic acid groups (broad SMARTS) is 1. The SMILES string of the molecule is CCCN(c1ccc(/C=C/C(=O)O)cc1)c1cc2c(cc1C)C(C)(C)CCC2(C)C. The lowest BCUT2D eigenvalue weighted by Crippen LogP contribution is -2.34. The molecule has 0 fully saturated rings. The van der Waals surface area contributed by atoms with Gasteiger partial charge >= 0.3 is 5.97 Å². The van der Waals surface area contributed by atoms with Gasteiger partial charge in [0.25, 0.3) is 0 Å². The molecule has 30 heavy (non-hydrogen) atoms. The number of carboxylic acids is 1. The molecule has 0 aliphatic heterocycles. The first kappa shape index (κ1) is 22.1. The van der Waals surface area contributed by atoms with E-state index < -0.39 is 5.97 Å². The Labute approximate surface area is 181 Å². The molecule has 3 heteroatoms. The summed E-state index contributed by atoms with van der Waals surface area (Å²) in [7, 11) is 0. The molecule has 160 valence electrons. The first-order chi connectivity index (χ1) is 14.0. The van der Waals surface area contributed by atoms with E-state index in [2.05, 4.69) is 70.7 Å². The van der Waals surface area contributed by atoms with Crippen LogP contribution in [0.5, 0.6) is 0 Å². The van der Waals surface area contributed by atoms with E-state index >= 15 is 0 Å². The minimum atomic E-state index is -0.929. The Morgan fingerprint density at radius 1 is 1.03 bits per heavy atom. The summed E-state index contributed by atoms with van der Waals surface area (Å²) in [6, 6.07) is 13.0. The van der Waals surface area contributed by atoms with Crippen LogP contribution >= 0.6 is 0 Å². The highest BCUT2D eigenvalue weighted by molar-refractivity contribution is 5.85. The molecule has 0 atom stereocenters. The number of hydrogen-bond donors (Lipinski definition) is 1. The van der Waals surface area contributed by atoms with Crippen LogP contribution in [-0.2, 0) is 15.6 Å². The number of benzene rings is 2. The van der Waals surface area contributed by atoms with Gasteiger partial charge in [-0.25, -0.2) is 4.79 Å². The minimum absolute atomic E-state index is 0.177. The monoisotopic (exact) mass is 405 g/mol. The fraction of sp³-hybridized carbons (Fsp3) is 0.444. The Bertz CT molecular complexity index is 952. The summed E-state index contributed by atoms with van der Waals surface area (Å²) in [4.78, 5) is 13.2. The third kappa shape index (κ3) is 4.45. The molecule has 0 spiro atoms. The molecule has 1 aliphatic carbocycles. The van der Waals surface area contributed by atoms with E-state index in [1.807, 2.05) is 12.1 Å². The molecule has 0 saturated heterocycles. The Morgan fingerprint density at radius 2 is 1.60 bits per heavy atom. The lowest BCUT2D eigenvalue weighted by Gasteiger charge is -2.43. The van der Waals surface area contributed by atoms with Gasteiger partial charge in [-0.1, -0.05) is 52.8 Å². The van der Waals surface area contributed by atoms with Gasteiger partial charge in [0, 0.05) is 24.0 Å². The van der Waals surface area contributed by atoms with Crippen LogP contribution in [0.25, 0.3) is 6.08 Å². The summed E-state index contributed by atoms with van der Waals surface area (Å²) in [5, 5.41) is 8.85. The highest BCUT2D eigenvalue weighted by Crippen LogP contribution is 2.48. The van der Waals surface area contributed by atoms with Crippen LogP contribution in [0.2, 0.25) is 0 Å². The number of aliphatic carboxylic acids is 1. The van der Waals surface area contributed by atoms with Crippen molar-refractivity contribution in [2.45, 2.75) is 71.6 Å². The van der Waals surface area contributed by atoms with E-state index in [1.54, 1.807) is 6.08 Å². The largest absolute Gasteiger partial charge is 0.478 e. The zero-order valence-corrected chi connectivity index (χ0v) is 19.2. The van der Waals surface area contributed by atoms with Gasteiger partial charge in [-0.05, 0) is 83.5 Å². The third-order valence-electron chi connectivity index (χ3n) is 6.53.